The van der Waals surface area contributed by atoms with Crippen LogP contribution in [0.1, 0.15) is 24.0 Å². The van der Waals surface area contributed by atoms with Gasteiger partial charge in [0.25, 0.3) is 10.0 Å². The molecule has 13 heteroatoms. The molecule has 3 N–H and O–H groups in total. The summed E-state index contributed by atoms with van der Waals surface area (Å²) in [7, 11) is -8.07. The van der Waals surface area contributed by atoms with Crippen molar-refractivity contribution in [1.29, 1.82) is 0 Å². The number of hydrogen-bond acceptors (Lipinski definition) is 5. The maximum atomic E-state index is 13.2. The van der Waals surface area contributed by atoms with E-state index in [9.17, 15) is 16.8 Å². The number of hydrazone groups is 1. The van der Waals surface area contributed by atoms with E-state index in [1.54, 1.807) is 19.1 Å². The normalized spacial score (nSPS) is 17.3. The van der Waals surface area contributed by atoms with Crippen molar-refractivity contribution in [2.75, 3.05) is 12.3 Å². The average molecular weight is 595 g/mol. The lowest BCUT2D eigenvalue weighted by Gasteiger charge is -2.22. The molecule has 0 saturated heterocycles. The van der Waals surface area contributed by atoms with Crippen LogP contribution >= 0.6 is 23.2 Å². The highest BCUT2D eigenvalue weighted by Crippen LogP contribution is 2.30. The van der Waals surface area contributed by atoms with Crippen LogP contribution in [0.5, 0.6) is 0 Å². The van der Waals surface area contributed by atoms with Gasteiger partial charge in [0, 0.05) is 22.0 Å². The summed E-state index contributed by atoms with van der Waals surface area (Å²) in [6.45, 7) is 1.80. The van der Waals surface area contributed by atoms with E-state index in [0.29, 0.717) is 15.8 Å². The summed E-state index contributed by atoms with van der Waals surface area (Å²) in [4.78, 5) is -0.0824. The number of sulfonamides is 2. The van der Waals surface area contributed by atoms with E-state index in [-0.39, 0.29) is 23.3 Å². The number of nitrogens with one attached hydrogen (secondary N) is 1. The molecule has 200 valence electrons. The Hall–Kier alpha value is -2.96. The van der Waals surface area contributed by atoms with Crippen molar-refractivity contribution in [1.82, 2.24) is 10.3 Å². The van der Waals surface area contributed by atoms with Crippen LogP contribution in [0.3, 0.4) is 0 Å². The van der Waals surface area contributed by atoms with Crippen LogP contribution in [0.15, 0.2) is 93.3 Å². The molecule has 3 aromatic carbocycles. The Bertz CT molecular complexity index is 1560. The van der Waals surface area contributed by atoms with Gasteiger partial charge < -0.3 is 5.32 Å². The molecule has 4 rings (SSSR count). The molecule has 9 nitrogen and oxygen atoms in total. The summed E-state index contributed by atoms with van der Waals surface area (Å²) in [6, 6.07) is 21.6. The molecule has 1 aliphatic rings. The van der Waals surface area contributed by atoms with Crippen LogP contribution in [0.25, 0.3) is 0 Å². The lowest BCUT2D eigenvalue weighted by Crippen LogP contribution is -2.46. The second-order valence-electron chi connectivity index (χ2n) is 8.76. The molecule has 3 aromatic rings. The van der Waals surface area contributed by atoms with E-state index >= 15 is 0 Å². The van der Waals surface area contributed by atoms with Gasteiger partial charge in [0.2, 0.25) is 16.0 Å². The number of benzene rings is 3. The summed E-state index contributed by atoms with van der Waals surface area (Å²) in [5.74, 6) is -0.825. The molecule has 0 saturated carbocycles. The molecule has 0 fully saturated rings. The number of nitrogens with two attached hydrogens (primary N) is 1. The van der Waals surface area contributed by atoms with E-state index in [0.717, 1.165) is 11.1 Å². The molecule has 0 radical (unpaired) electrons. The lowest BCUT2D eigenvalue weighted by molar-refractivity contribution is 0.448. The number of rotatable bonds is 7. The van der Waals surface area contributed by atoms with Gasteiger partial charge in [-0.1, -0.05) is 65.7 Å². The standard InChI is InChI=1S/C25H25Cl2N5O4S2/c1-17(16-37(28,33)34)29-25(31-38(35,36)22-13-11-21(27)12-14-22)32-15-23(18-5-3-2-4-6-18)24(30-32)19-7-9-20(26)10-8-19/h2-14,17,23H,15-16H2,1H3,(H,29,31)(H2,28,33,34)/t17?,23-/m1/s1. The quantitative estimate of drug-likeness (QED) is 0.316. The molecule has 0 bridgehead atoms. The fraction of sp³-hybridized carbons (Fsp3) is 0.200. The van der Waals surface area contributed by atoms with Gasteiger partial charge in [-0.25, -0.2) is 18.6 Å². The SMILES string of the molecule is CC(CS(N)(=O)=O)N/C(=N\S(=O)(=O)c1ccc(Cl)cc1)N1C[C@H](c2ccccc2)C(c2ccc(Cl)cc2)=N1. The second-order valence-corrected chi connectivity index (χ2v) is 12.9. The van der Waals surface area contributed by atoms with Crippen LogP contribution in [0, 0.1) is 0 Å². The first-order valence-corrected chi connectivity index (χ1v) is 15.4. The first kappa shape index (κ1) is 28.1. The van der Waals surface area contributed by atoms with Gasteiger partial charge in [-0.05, 0) is 54.4 Å². The second kappa shape index (κ2) is 11.4. The van der Waals surface area contributed by atoms with Gasteiger partial charge in [0.05, 0.1) is 22.9 Å². The maximum absolute atomic E-state index is 13.2. The van der Waals surface area contributed by atoms with E-state index in [4.69, 9.17) is 33.4 Å². The van der Waals surface area contributed by atoms with Gasteiger partial charge in [-0.3, -0.25) is 0 Å². The van der Waals surface area contributed by atoms with Crippen LogP contribution in [-0.2, 0) is 20.0 Å². The van der Waals surface area contributed by atoms with Crippen molar-refractivity contribution < 1.29 is 16.8 Å². The van der Waals surface area contributed by atoms with E-state index in [2.05, 4.69) is 9.71 Å². The van der Waals surface area contributed by atoms with Crippen LogP contribution in [0.4, 0.5) is 0 Å². The van der Waals surface area contributed by atoms with E-state index < -0.39 is 31.8 Å². The Kier molecular flexibility index (Phi) is 8.43. The number of nitrogens with zero attached hydrogens (tertiary/aromatic N) is 3. The monoisotopic (exact) mass is 593 g/mol. The summed E-state index contributed by atoms with van der Waals surface area (Å²) in [5, 5.41) is 15.2. The smallest absolute Gasteiger partial charge is 0.285 e. The average Bonchev–Trinajstić information content (AvgIpc) is 3.29. The molecule has 0 amide bonds. The number of primary sulfonamides is 1. The van der Waals surface area contributed by atoms with Gasteiger partial charge in [0.15, 0.2) is 0 Å². The van der Waals surface area contributed by atoms with Gasteiger partial charge >= 0.3 is 0 Å². The third-order valence-electron chi connectivity index (χ3n) is 5.68. The minimum absolute atomic E-state index is 0.0824. The predicted molar refractivity (Wildman–Crippen MR) is 151 cm³/mol. The molecular formula is C25H25Cl2N5O4S2. The highest BCUT2D eigenvalue weighted by Gasteiger charge is 2.33. The molecule has 1 heterocycles. The van der Waals surface area contributed by atoms with Gasteiger partial charge in [-0.2, -0.15) is 13.5 Å². The van der Waals surface area contributed by atoms with E-state index in [1.165, 1.54) is 29.3 Å². The van der Waals surface area contributed by atoms with Gasteiger partial charge in [-0.15, -0.1) is 4.40 Å². The predicted octanol–water partition coefficient (Wildman–Crippen LogP) is 3.81. The lowest BCUT2D eigenvalue weighted by atomic mass is 9.91. The van der Waals surface area contributed by atoms with Crippen LogP contribution in [0.2, 0.25) is 10.0 Å². The Morgan fingerprint density at radius 1 is 1.00 bits per heavy atom. The molecule has 0 aliphatic carbocycles. The van der Waals surface area contributed by atoms with Crippen molar-refractivity contribution >= 4 is 54.9 Å². The molecule has 2 atom stereocenters. The zero-order valence-electron chi connectivity index (χ0n) is 20.2. The summed E-state index contributed by atoms with van der Waals surface area (Å²) in [6.07, 6.45) is 0. The largest absolute Gasteiger partial charge is 0.350 e. The van der Waals surface area contributed by atoms with Crippen molar-refractivity contribution in [3.63, 3.8) is 0 Å². The van der Waals surface area contributed by atoms with Crippen LogP contribution in [-0.4, -0.2) is 51.9 Å². The number of hydrogen-bond donors (Lipinski definition) is 2. The Labute approximate surface area is 232 Å². The Morgan fingerprint density at radius 3 is 2.16 bits per heavy atom. The van der Waals surface area contributed by atoms with Crippen molar-refractivity contribution in [3.8, 4) is 0 Å². The fourth-order valence-corrected chi connectivity index (χ4v) is 5.99. The maximum Gasteiger partial charge on any atom is 0.285 e. The number of halogens is 2. The summed E-state index contributed by atoms with van der Waals surface area (Å²) < 4.78 is 53.9. The molecule has 1 unspecified atom stereocenters. The van der Waals surface area contributed by atoms with Crippen molar-refractivity contribution in [2.24, 2.45) is 14.6 Å². The van der Waals surface area contributed by atoms with Crippen molar-refractivity contribution in [2.45, 2.75) is 23.8 Å². The molecular weight excluding hydrogens is 569 g/mol. The Morgan fingerprint density at radius 2 is 1.58 bits per heavy atom. The zero-order chi connectivity index (χ0) is 27.5. The number of guanidine groups is 1. The summed E-state index contributed by atoms with van der Waals surface area (Å²) >= 11 is 12.0. The highest BCUT2D eigenvalue weighted by atomic mass is 35.5. The minimum atomic E-state index is -4.22. The third kappa shape index (κ3) is 7.12. The first-order valence-electron chi connectivity index (χ1n) is 11.5. The van der Waals surface area contributed by atoms with Crippen LogP contribution < -0.4 is 10.5 Å². The first-order chi connectivity index (χ1) is 17.9. The zero-order valence-corrected chi connectivity index (χ0v) is 23.3. The highest BCUT2D eigenvalue weighted by molar-refractivity contribution is 7.90. The van der Waals surface area contributed by atoms with Gasteiger partial charge in [0.1, 0.15) is 0 Å². The topological polar surface area (TPSA) is 134 Å². The molecule has 0 spiro atoms. The van der Waals surface area contributed by atoms with E-state index in [1.807, 2.05) is 42.5 Å². The fourth-order valence-electron chi connectivity index (χ4n) is 3.99. The molecule has 1 aliphatic heterocycles. The summed E-state index contributed by atoms with van der Waals surface area (Å²) in [5.41, 5.74) is 2.43. The Balaban J connectivity index is 1.79. The third-order valence-corrected chi connectivity index (χ3v) is 8.43. The molecule has 38 heavy (non-hydrogen) atoms. The minimum Gasteiger partial charge on any atom is -0.350 e. The molecule has 0 aromatic heterocycles. The van der Waals surface area contributed by atoms with Crippen molar-refractivity contribution in [3.05, 3.63) is 100 Å².